The third kappa shape index (κ3) is 5.37. The van der Waals surface area contributed by atoms with Crippen LogP contribution in [0.25, 0.3) is 6.20 Å². The maximum atomic E-state index is 4.13. The number of hydrogen-bond acceptors (Lipinski definition) is 3. The molecule has 0 fully saturated rings. The van der Waals surface area contributed by atoms with Crippen LogP contribution in [0.4, 0.5) is 0 Å². The molecule has 1 rings (SSSR count). The minimum absolute atomic E-state index is 0.899. The molecule has 1 heterocycles. The monoisotopic (exact) mass is 239 g/mol. The van der Waals surface area contributed by atoms with Gasteiger partial charge in [0.1, 0.15) is 0 Å². The second-order valence-electron chi connectivity index (χ2n) is 3.74. The lowest BCUT2D eigenvalue weighted by Crippen LogP contribution is -2.14. The van der Waals surface area contributed by atoms with Crippen LogP contribution in [0, 0.1) is 0 Å². The van der Waals surface area contributed by atoms with Crippen LogP contribution < -0.4 is 5.32 Å². The van der Waals surface area contributed by atoms with Gasteiger partial charge in [-0.05, 0) is 31.4 Å². The van der Waals surface area contributed by atoms with Gasteiger partial charge in [-0.2, -0.15) is 16.9 Å². The average Bonchev–Trinajstić information content (AvgIpc) is 2.76. The van der Waals surface area contributed by atoms with Crippen molar-refractivity contribution in [2.24, 2.45) is 0 Å². The molecule has 0 saturated heterocycles. The van der Waals surface area contributed by atoms with Crippen molar-refractivity contribution in [1.29, 1.82) is 0 Å². The van der Waals surface area contributed by atoms with E-state index in [0.717, 1.165) is 13.1 Å². The third-order valence-electron chi connectivity index (χ3n) is 2.37. The molecule has 0 atom stereocenters. The molecule has 0 radical (unpaired) electrons. The standard InChI is InChI=1S/C12H21N3S/c1-3-15-11-12(10-14-15)9-13-7-5-4-6-8-16-2/h3,10-11,13H,1,4-9H2,2H3. The first-order chi connectivity index (χ1) is 7.86. The van der Waals surface area contributed by atoms with Crippen LogP contribution in [0.15, 0.2) is 19.0 Å². The van der Waals surface area contributed by atoms with E-state index in [1.807, 2.05) is 24.2 Å². The second kappa shape index (κ2) is 8.42. The summed E-state index contributed by atoms with van der Waals surface area (Å²) in [5.41, 5.74) is 1.21. The molecule has 0 unspecified atom stereocenters. The highest BCUT2D eigenvalue weighted by Gasteiger charge is 1.95. The molecule has 0 aliphatic rings. The van der Waals surface area contributed by atoms with Crippen molar-refractivity contribution in [1.82, 2.24) is 15.1 Å². The van der Waals surface area contributed by atoms with E-state index in [4.69, 9.17) is 0 Å². The molecule has 0 amide bonds. The Morgan fingerprint density at radius 2 is 2.38 bits per heavy atom. The van der Waals surface area contributed by atoms with E-state index in [0.29, 0.717) is 0 Å². The lowest BCUT2D eigenvalue weighted by atomic mass is 10.2. The van der Waals surface area contributed by atoms with Gasteiger partial charge in [-0.15, -0.1) is 0 Å². The van der Waals surface area contributed by atoms with Gasteiger partial charge in [0.25, 0.3) is 0 Å². The second-order valence-corrected chi connectivity index (χ2v) is 4.73. The van der Waals surface area contributed by atoms with Crippen LogP contribution in [-0.4, -0.2) is 28.3 Å². The molecule has 16 heavy (non-hydrogen) atoms. The minimum Gasteiger partial charge on any atom is -0.313 e. The maximum Gasteiger partial charge on any atom is 0.0538 e. The summed E-state index contributed by atoms with van der Waals surface area (Å²) in [6, 6.07) is 0. The van der Waals surface area contributed by atoms with Crippen molar-refractivity contribution in [3.05, 3.63) is 24.5 Å². The van der Waals surface area contributed by atoms with Crippen molar-refractivity contribution in [3.63, 3.8) is 0 Å². The van der Waals surface area contributed by atoms with Crippen LogP contribution in [0.3, 0.4) is 0 Å². The Kier molecular flexibility index (Phi) is 7.01. The van der Waals surface area contributed by atoms with Crippen molar-refractivity contribution in [2.45, 2.75) is 25.8 Å². The number of aromatic nitrogens is 2. The van der Waals surface area contributed by atoms with Crippen LogP contribution in [-0.2, 0) is 6.54 Å². The summed E-state index contributed by atoms with van der Waals surface area (Å²) in [6.07, 6.45) is 11.6. The highest BCUT2D eigenvalue weighted by molar-refractivity contribution is 7.98. The Bertz CT molecular complexity index is 296. The van der Waals surface area contributed by atoms with Crippen molar-refractivity contribution in [3.8, 4) is 0 Å². The van der Waals surface area contributed by atoms with E-state index in [2.05, 4.69) is 23.3 Å². The molecule has 1 aromatic heterocycles. The van der Waals surface area contributed by atoms with Crippen LogP contribution in [0.5, 0.6) is 0 Å². The fourth-order valence-electron chi connectivity index (χ4n) is 1.47. The normalized spacial score (nSPS) is 10.6. The average molecular weight is 239 g/mol. The maximum absolute atomic E-state index is 4.13. The zero-order valence-corrected chi connectivity index (χ0v) is 10.8. The van der Waals surface area contributed by atoms with Crippen LogP contribution in [0.2, 0.25) is 0 Å². The smallest absolute Gasteiger partial charge is 0.0538 e. The Labute approximate surface area is 102 Å². The molecule has 0 bridgehead atoms. The van der Waals surface area contributed by atoms with Crippen LogP contribution >= 0.6 is 11.8 Å². The predicted octanol–water partition coefficient (Wildman–Crippen LogP) is 2.61. The summed E-state index contributed by atoms with van der Waals surface area (Å²) >= 11 is 1.93. The SMILES string of the molecule is C=Cn1cc(CNCCCCCSC)cn1. The molecule has 90 valence electrons. The van der Waals surface area contributed by atoms with Gasteiger partial charge in [-0.25, -0.2) is 4.68 Å². The van der Waals surface area contributed by atoms with Gasteiger partial charge in [0.05, 0.1) is 6.20 Å². The molecule has 0 saturated carbocycles. The van der Waals surface area contributed by atoms with Gasteiger partial charge in [0, 0.05) is 24.5 Å². The molecular formula is C12H21N3S. The van der Waals surface area contributed by atoms with Crippen molar-refractivity contribution in [2.75, 3.05) is 18.6 Å². The number of hydrogen-bond donors (Lipinski definition) is 1. The summed E-state index contributed by atoms with van der Waals surface area (Å²) in [7, 11) is 0. The van der Waals surface area contributed by atoms with Gasteiger partial charge in [0.2, 0.25) is 0 Å². The van der Waals surface area contributed by atoms with Gasteiger partial charge >= 0.3 is 0 Å². The molecule has 4 heteroatoms. The summed E-state index contributed by atoms with van der Waals surface area (Å²) in [5, 5.41) is 7.55. The zero-order chi connectivity index (χ0) is 11.6. The lowest BCUT2D eigenvalue weighted by molar-refractivity contribution is 0.618. The number of rotatable bonds is 9. The Hall–Kier alpha value is -0.740. The van der Waals surface area contributed by atoms with E-state index in [9.17, 15) is 0 Å². The molecule has 1 aromatic rings. The molecule has 3 nitrogen and oxygen atoms in total. The van der Waals surface area contributed by atoms with Crippen molar-refractivity contribution >= 4 is 18.0 Å². The fourth-order valence-corrected chi connectivity index (χ4v) is 1.97. The first-order valence-corrected chi connectivity index (χ1v) is 7.11. The molecule has 0 spiro atoms. The number of nitrogens with one attached hydrogen (secondary N) is 1. The summed E-state index contributed by atoms with van der Waals surface area (Å²) in [5.74, 6) is 1.28. The lowest BCUT2D eigenvalue weighted by Gasteiger charge is -2.02. The minimum atomic E-state index is 0.899. The van der Waals surface area contributed by atoms with E-state index in [-0.39, 0.29) is 0 Å². The third-order valence-corrected chi connectivity index (χ3v) is 3.07. The zero-order valence-electron chi connectivity index (χ0n) is 9.98. The van der Waals surface area contributed by atoms with Gasteiger partial charge < -0.3 is 5.32 Å². The van der Waals surface area contributed by atoms with Gasteiger partial charge in [0.15, 0.2) is 0 Å². The summed E-state index contributed by atoms with van der Waals surface area (Å²) in [4.78, 5) is 0. The van der Waals surface area contributed by atoms with Gasteiger partial charge in [-0.3, -0.25) is 0 Å². The quantitative estimate of drug-likeness (QED) is 0.672. The van der Waals surface area contributed by atoms with Gasteiger partial charge in [-0.1, -0.05) is 13.0 Å². The fraction of sp³-hybridized carbons (Fsp3) is 0.583. The topological polar surface area (TPSA) is 29.9 Å². The molecule has 0 aromatic carbocycles. The molecule has 0 aliphatic carbocycles. The molecule has 1 N–H and O–H groups in total. The highest BCUT2D eigenvalue weighted by Crippen LogP contribution is 2.02. The van der Waals surface area contributed by atoms with E-state index in [1.54, 1.807) is 10.9 Å². The Morgan fingerprint density at radius 3 is 3.06 bits per heavy atom. The largest absolute Gasteiger partial charge is 0.313 e. The molecular weight excluding hydrogens is 218 g/mol. The van der Waals surface area contributed by atoms with E-state index < -0.39 is 0 Å². The van der Waals surface area contributed by atoms with E-state index in [1.165, 1.54) is 30.6 Å². The predicted molar refractivity (Wildman–Crippen MR) is 72.6 cm³/mol. The van der Waals surface area contributed by atoms with E-state index >= 15 is 0 Å². The number of nitrogens with zero attached hydrogens (tertiary/aromatic N) is 2. The number of unbranched alkanes of at least 4 members (excludes halogenated alkanes) is 2. The first kappa shape index (κ1) is 13.3. The molecule has 0 aliphatic heterocycles. The van der Waals surface area contributed by atoms with Crippen LogP contribution in [0.1, 0.15) is 24.8 Å². The van der Waals surface area contributed by atoms with Crippen molar-refractivity contribution < 1.29 is 0 Å². The Morgan fingerprint density at radius 1 is 1.50 bits per heavy atom. The Balaban J connectivity index is 2.00. The summed E-state index contributed by atoms with van der Waals surface area (Å²) in [6.45, 7) is 5.65. The highest BCUT2D eigenvalue weighted by atomic mass is 32.2. The summed E-state index contributed by atoms with van der Waals surface area (Å²) < 4.78 is 1.73. The first-order valence-electron chi connectivity index (χ1n) is 5.72. The number of thioether (sulfide) groups is 1.